The van der Waals surface area contributed by atoms with E-state index in [0.29, 0.717) is 12.8 Å². The highest BCUT2D eigenvalue weighted by Gasteiger charge is 2.51. The summed E-state index contributed by atoms with van der Waals surface area (Å²) in [5.74, 6) is -0.357. The molecule has 1 heterocycles. The van der Waals surface area contributed by atoms with Gasteiger partial charge in [-0.3, -0.25) is 10.2 Å². The quantitative estimate of drug-likeness (QED) is 0.699. The molecule has 0 radical (unpaired) electrons. The lowest BCUT2D eigenvalue weighted by atomic mass is 9.97. The number of hydrogen-bond acceptors (Lipinski definition) is 2. The van der Waals surface area contributed by atoms with Crippen molar-refractivity contribution in [3.8, 4) is 0 Å². The van der Waals surface area contributed by atoms with E-state index < -0.39 is 17.8 Å². The molecule has 7 heteroatoms. The van der Waals surface area contributed by atoms with Crippen molar-refractivity contribution in [3.05, 3.63) is 34.3 Å². The number of benzene rings is 1. The SMILES string of the molecule is CC1(C)CC(=O)NN1C(CCCCc1ccc(Br)cc1)C(F)(F)F. The van der Waals surface area contributed by atoms with Gasteiger partial charge in [-0.2, -0.15) is 13.2 Å². The van der Waals surface area contributed by atoms with Gasteiger partial charge in [0.15, 0.2) is 0 Å². The fourth-order valence-corrected chi connectivity index (χ4v) is 3.32. The third kappa shape index (κ3) is 4.96. The Hall–Kier alpha value is -1.08. The number of nitrogens with one attached hydrogen (secondary N) is 1. The average Bonchev–Trinajstić information content (AvgIpc) is 2.72. The van der Waals surface area contributed by atoms with Crippen LogP contribution >= 0.6 is 15.9 Å². The molecular formula is C17H22BrF3N2O. The molecule has 0 spiro atoms. The fraction of sp³-hybridized carbons (Fsp3) is 0.588. The molecule has 0 bridgehead atoms. The number of amides is 1. The number of nitrogens with zero attached hydrogens (tertiary/aromatic N) is 1. The van der Waals surface area contributed by atoms with E-state index in [1.807, 2.05) is 24.3 Å². The number of carbonyl (C=O) groups is 1. The van der Waals surface area contributed by atoms with Crippen LogP contribution in [0.4, 0.5) is 13.2 Å². The van der Waals surface area contributed by atoms with Crippen LogP contribution in [0.15, 0.2) is 28.7 Å². The van der Waals surface area contributed by atoms with Crippen molar-refractivity contribution in [2.45, 2.75) is 63.7 Å². The zero-order valence-electron chi connectivity index (χ0n) is 13.8. The molecular weight excluding hydrogens is 385 g/mol. The molecule has 1 fully saturated rings. The van der Waals surface area contributed by atoms with Gasteiger partial charge in [0.1, 0.15) is 6.04 Å². The van der Waals surface area contributed by atoms with Crippen molar-refractivity contribution < 1.29 is 18.0 Å². The van der Waals surface area contributed by atoms with Crippen LogP contribution < -0.4 is 5.43 Å². The molecule has 134 valence electrons. The Kier molecular flexibility index (Phi) is 5.96. The van der Waals surface area contributed by atoms with Gasteiger partial charge in [-0.25, -0.2) is 5.01 Å². The Morgan fingerprint density at radius 2 is 1.88 bits per heavy atom. The summed E-state index contributed by atoms with van der Waals surface area (Å²) < 4.78 is 41.3. The summed E-state index contributed by atoms with van der Waals surface area (Å²) in [6.45, 7) is 3.32. The van der Waals surface area contributed by atoms with Gasteiger partial charge in [0, 0.05) is 16.4 Å². The van der Waals surface area contributed by atoms with Gasteiger partial charge in [-0.05, 0) is 50.8 Å². The van der Waals surface area contributed by atoms with Gasteiger partial charge < -0.3 is 0 Å². The van der Waals surface area contributed by atoms with Gasteiger partial charge in [0.05, 0.1) is 0 Å². The molecule has 1 amide bonds. The van der Waals surface area contributed by atoms with Crippen LogP contribution in [0.2, 0.25) is 0 Å². The summed E-state index contributed by atoms with van der Waals surface area (Å²) in [6, 6.07) is 6.14. The minimum atomic E-state index is -4.37. The Morgan fingerprint density at radius 3 is 2.38 bits per heavy atom. The van der Waals surface area contributed by atoms with Gasteiger partial charge >= 0.3 is 6.18 Å². The van der Waals surface area contributed by atoms with E-state index in [1.54, 1.807) is 13.8 Å². The Bertz CT molecular complexity index is 572. The predicted molar refractivity (Wildman–Crippen MR) is 90.2 cm³/mol. The van der Waals surface area contributed by atoms with Crippen molar-refractivity contribution in [1.29, 1.82) is 0 Å². The largest absolute Gasteiger partial charge is 0.405 e. The van der Waals surface area contributed by atoms with E-state index in [2.05, 4.69) is 21.4 Å². The highest BCUT2D eigenvalue weighted by atomic mass is 79.9. The number of carbonyl (C=O) groups excluding carboxylic acids is 1. The fourth-order valence-electron chi connectivity index (χ4n) is 3.06. The molecule has 1 aliphatic heterocycles. The van der Waals surface area contributed by atoms with Crippen molar-refractivity contribution in [3.63, 3.8) is 0 Å². The highest BCUT2D eigenvalue weighted by Crippen LogP contribution is 2.35. The van der Waals surface area contributed by atoms with Gasteiger partial charge in [-0.15, -0.1) is 0 Å². The lowest BCUT2D eigenvalue weighted by Gasteiger charge is -2.37. The summed E-state index contributed by atoms with van der Waals surface area (Å²) >= 11 is 3.36. The molecule has 1 aromatic carbocycles. The lowest BCUT2D eigenvalue weighted by Crippen LogP contribution is -2.56. The Labute approximate surface area is 148 Å². The molecule has 0 aromatic heterocycles. The average molecular weight is 407 g/mol. The second-order valence-corrected chi connectivity index (χ2v) is 7.74. The lowest BCUT2D eigenvalue weighted by molar-refractivity contribution is -0.202. The van der Waals surface area contributed by atoms with E-state index in [9.17, 15) is 18.0 Å². The van der Waals surface area contributed by atoms with Crippen LogP contribution in [-0.2, 0) is 11.2 Å². The van der Waals surface area contributed by atoms with E-state index >= 15 is 0 Å². The zero-order valence-corrected chi connectivity index (χ0v) is 15.4. The normalized spacial score (nSPS) is 19.3. The van der Waals surface area contributed by atoms with Gasteiger partial charge in [0.25, 0.3) is 0 Å². The van der Waals surface area contributed by atoms with Crippen LogP contribution in [0, 0.1) is 0 Å². The molecule has 1 aromatic rings. The predicted octanol–water partition coefficient (Wildman–Crippen LogP) is 4.61. The zero-order chi connectivity index (χ0) is 18.0. The van der Waals surface area contributed by atoms with E-state index in [0.717, 1.165) is 21.5 Å². The summed E-state index contributed by atoms with van der Waals surface area (Å²) in [6.07, 6.45) is -2.44. The summed E-state index contributed by atoms with van der Waals surface area (Å²) in [5.41, 5.74) is 2.66. The minimum absolute atomic E-state index is 0.0241. The first-order valence-corrected chi connectivity index (χ1v) is 8.79. The number of aryl methyl sites for hydroxylation is 1. The van der Waals surface area contributed by atoms with Crippen molar-refractivity contribution in [1.82, 2.24) is 10.4 Å². The van der Waals surface area contributed by atoms with Crippen LogP contribution in [0.3, 0.4) is 0 Å². The molecule has 1 saturated heterocycles. The molecule has 1 aliphatic rings. The Morgan fingerprint density at radius 1 is 1.25 bits per heavy atom. The van der Waals surface area contributed by atoms with Crippen LogP contribution in [-0.4, -0.2) is 28.7 Å². The summed E-state index contributed by atoms with van der Waals surface area (Å²) in [5, 5.41) is 1.09. The Balaban J connectivity index is 1.93. The van der Waals surface area contributed by atoms with Crippen LogP contribution in [0.25, 0.3) is 0 Å². The maximum Gasteiger partial charge on any atom is 0.405 e. The van der Waals surface area contributed by atoms with Crippen molar-refractivity contribution in [2.24, 2.45) is 0 Å². The van der Waals surface area contributed by atoms with Crippen molar-refractivity contribution >= 4 is 21.8 Å². The number of hydrazine groups is 1. The topological polar surface area (TPSA) is 32.3 Å². The second-order valence-electron chi connectivity index (χ2n) is 6.82. The summed E-state index contributed by atoms with van der Waals surface area (Å²) in [7, 11) is 0. The third-order valence-corrected chi connectivity index (χ3v) is 4.81. The minimum Gasteiger partial charge on any atom is -0.288 e. The highest BCUT2D eigenvalue weighted by molar-refractivity contribution is 9.10. The maximum absolute atomic E-state index is 13.4. The molecule has 0 saturated carbocycles. The maximum atomic E-state index is 13.4. The molecule has 0 aliphatic carbocycles. The first-order valence-electron chi connectivity index (χ1n) is 7.99. The van der Waals surface area contributed by atoms with E-state index in [4.69, 9.17) is 0 Å². The van der Waals surface area contributed by atoms with Crippen molar-refractivity contribution in [2.75, 3.05) is 0 Å². The second kappa shape index (κ2) is 7.44. The number of rotatable bonds is 6. The van der Waals surface area contributed by atoms with Gasteiger partial charge in [-0.1, -0.05) is 34.5 Å². The first kappa shape index (κ1) is 19.2. The number of unbranched alkanes of at least 4 members (excludes halogenated alkanes) is 1. The van der Waals surface area contributed by atoms with E-state index in [-0.39, 0.29) is 18.7 Å². The first-order chi connectivity index (χ1) is 11.1. The number of halogens is 4. The molecule has 1 unspecified atom stereocenters. The molecule has 1 atom stereocenters. The van der Waals surface area contributed by atoms with E-state index in [1.165, 1.54) is 0 Å². The monoisotopic (exact) mass is 406 g/mol. The number of alkyl halides is 3. The van der Waals surface area contributed by atoms with Crippen LogP contribution in [0.5, 0.6) is 0 Å². The number of hydrogen-bond donors (Lipinski definition) is 1. The molecule has 24 heavy (non-hydrogen) atoms. The summed E-state index contributed by atoms with van der Waals surface area (Å²) in [4.78, 5) is 11.5. The van der Waals surface area contributed by atoms with Gasteiger partial charge in [0.2, 0.25) is 5.91 Å². The smallest absolute Gasteiger partial charge is 0.288 e. The molecule has 2 rings (SSSR count). The standard InChI is InChI=1S/C17H22BrF3N2O/c1-16(2)11-15(24)22-23(16)14(17(19,20)21)6-4-3-5-12-7-9-13(18)10-8-12/h7-10,14H,3-6,11H2,1-2H3,(H,22,24). The molecule has 1 N–H and O–H groups in total. The third-order valence-electron chi connectivity index (χ3n) is 4.29. The molecule has 3 nitrogen and oxygen atoms in total. The van der Waals surface area contributed by atoms with Crippen LogP contribution in [0.1, 0.15) is 45.1 Å².